The van der Waals surface area contributed by atoms with Crippen molar-refractivity contribution >= 4 is 27.5 Å². The number of halogens is 2. The number of fused-ring (bicyclic) bond motifs is 1. The molecule has 2 rings (SSSR count). The molecule has 0 amide bonds. The molecule has 0 saturated heterocycles. The van der Waals surface area contributed by atoms with Crippen LogP contribution in [0.15, 0.2) is 16.6 Å². The molecule has 0 aliphatic carbocycles. The molecule has 0 radical (unpaired) electrons. The van der Waals surface area contributed by atoms with Crippen LogP contribution in [-0.2, 0) is 13.0 Å². The van der Waals surface area contributed by atoms with Crippen LogP contribution >= 0.6 is 27.5 Å². The van der Waals surface area contributed by atoms with Crippen LogP contribution in [0.5, 0.6) is 5.75 Å². The number of alkyl halides is 1. The Labute approximate surface area is 122 Å². The highest BCUT2D eigenvalue weighted by atomic mass is 79.9. The van der Waals surface area contributed by atoms with E-state index in [0.29, 0.717) is 0 Å². The maximum Gasteiger partial charge on any atom is 0.127 e. The monoisotopic (exact) mass is 331 g/mol. The minimum absolute atomic E-state index is 0.0682. The molecule has 0 aromatic heterocycles. The summed E-state index contributed by atoms with van der Waals surface area (Å²) >= 11 is 9.74. The Hall–Kier alpha value is -0.250. The molecule has 18 heavy (non-hydrogen) atoms. The Morgan fingerprint density at radius 1 is 1.50 bits per heavy atom. The van der Waals surface area contributed by atoms with Crippen molar-refractivity contribution in [3.63, 3.8) is 0 Å². The fourth-order valence-electron chi connectivity index (χ4n) is 1.94. The Kier molecular flexibility index (Phi) is 4.25. The molecular weight excluding hydrogens is 314 g/mol. The van der Waals surface area contributed by atoms with Gasteiger partial charge in [-0.2, -0.15) is 0 Å². The van der Waals surface area contributed by atoms with Crippen LogP contribution in [0.1, 0.15) is 31.9 Å². The zero-order chi connectivity index (χ0) is 13.3. The van der Waals surface area contributed by atoms with Gasteiger partial charge in [0.2, 0.25) is 0 Å². The lowest BCUT2D eigenvalue weighted by atomic mass is 10.0. The molecule has 1 aromatic rings. The van der Waals surface area contributed by atoms with Crippen LogP contribution in [0.3, 0.4) is 0 Å². The molecule has 2 nitrogen and oxygen atoms in total. The molecule has 0 saturated carbocycles. The second kappa shape index (κ2) is 5.40. The van der Waals surface area contributed by atoms with Crippen molar-refractivity contribution in [3.8, 4) is 5.75 Å². The summed E-state index contributed by atoms with van der Waals surface area (Å²) in [5.41, 5.74) is 2.38. The highest BCUT2D eigenvalue weighted by molar-refractivity contribution is 9.10. The summed E-state index contributed by atoms with van der Waals surface area (Å²) in [6.45, 7) is 7.80. The zero-order valence-corrected chi connectivity index (χ0v) is 13.4. The van der Waals surface area contributed by atoms with Gasteiger partial charge in [0.15, 0.2) is 0 Å². The molecule has 1 unspecified atom stereocenters. The molecule has 1 heterocycles. The van der Waals surface area contributed by atoms with Gasteiger partial charge in [-0.05, 0) is 38.5 Å². The first kappa shape index (κ1) is 14.2. The SMILES string of the molecule is CC(Cl)C(C)(C)NCc1cc(Br)cc2c1OCC2. The van der Waals surface area contributed by atoms with E-state index in [2.05, 4.69) is 47.2 Å². The van der Waals surface area contributed by atoms with Crippen LogP contribution in [0.2, 0.25) is 0 Å². The van der Waals surface area contributed by atoms with Crippen molar-refractivity contribution in [3.05, 3.63) is 27.7 Å². The van der Waals surface area contributed by atoms with E-state index in [9.17, 15) is 0 Å². The van der Waals surface area contributed by atoms with Crippen molar-refractivity contribution in [1.82, 2.24) is 5.32 Å². The lowest BCUT2D eigenvalue weighted by molar-refractivity contribution is 0.343. The van der Waals surface area contributed by atoms with Crippen molar-refractivity contribution in [2.24, 2.45) is 0 Å². The van der Waals surface area contributed by atoms with Crippen molar-refractivity contribution in [2.45, 2.75) is 44.7 Å². The van der Waals surface area contributed by atoms with Crippen molar-refractivity contribution in [1.29, 1.82) is 0 Å². The van der Waals surface area contributed by atoms with Crippen LogP contribution in [0.25, 0.3) is 0 Å². The summed E-state index contributed by atoms with van der Waals surface area (Å²) in [7, 11) is 0. The number of ether oxygens (including phenoxy) is 1. The van der Waals surface area contributed by atoms with E-state index in [1.165, 1.54) is 11.1 Å². The van der Waals surface area contributed by atoms with Crippen LogP contribution < -0.4 is 10.1 Å². The normalized spacial score (nSPS) is 16.3. The first-order valence-electron chi connectivity index (χ1n) is 6.23. The summed E-state index contributed by atoms with van der Waals surface area (Å²) in [5.74, 6) is 1.05. The number of rotatable bonds is 4. The number of benzene rings is 1. The summed E-state index contributed by atoms with van der Waals surface area (Å²) in [6.07, 6.45) is 0.997. The number of hydrogen-bond donors (Lipinski definition) is 1. The maximum atomic E-state index is 6.18. The Morgan fingerprint density at radius 2 is 2.22 bits per heavy atom. The highest BCUT2D eigenvalue weighted by Gasteiger charge is 2.24. The van der Waals surface area contributed by atoms with Gasteiger partial charge < -0.3 is 10.1 Å². The molecule has 1 aliphatic heterocycles. The molecule has 0 bridgehead atoms. The fourth-order valence-corrected chi connectivity index (χ4v) is 2.57. The Balaban J connectivity index is 2.15. The molecule has 4 heteroatoms. The van der Waals surface area contributed by atoms with Gasteiger partial charge in [-0.1, -0.05) is 15.9 Å². The summed E-state index contributed by atoms with van der Waals surface area (Å²) in [5, 5.41) is 3.57. The third-order valence-corrected chi connectivity index (χ3v) is 4.56. The topological polar surface area (TPSA) is 21.3 Å². The van der Waals surface area contributed by atoms with E-state index in [0.717, 1.165) is 29.8 Å². The Bertz CT molecular complexity index is 446. The quantitative estimate of drug-likeness (QED) is 0.845. The van der Waals surface area contributed by atoms with Gasteiger partial charge in [-0.15, -0.1) is 11.6 Å². The van der Waals surface area contributed by atoms with E-state index < -0.39 is 0 Å². The van der Waals surface area contributed by atoms with E-state index in [1.54, 1.807) is 0 Å². The van der Waals surface area contributed by atoms with Crippen molar-refractivity contribution in [2.75, 3.05) is 6.61 Å². The average Bonchev–Trinajstić information content (AvgIpc) is 2.73. The molecular formula is C14H19BrClNO. The smallest absolute Gasteiger partial charge is 0.127 e. The van der Waals surface area contributed by atoms with Gasteiger partial charge >= 0.3 is 0 Å². The predicted molar refractivity (Wildman–Crippen MR) is 79.6 cm³/mol. The second-order valence-corrected chi connectivity index (χ2v) is 6.91. The summed E-state index contributed by atoms with van der Waals surface area (Å²) in [4.78, 5) is 0. The first-order valence-corrected chi connectivity index (χ1v) is 7.46. The highest BCUT2D eigenvalue weighted by Crippen LogP contribution is 2.33. The number of nitrogens with one attached hydrogen (secondary N) is 1. The molecule has 0 spiro atoms. The largest absolute Gasteiger partial charge is 0.493 e. The van der Waals surface area contributed by atoms with Gasteiger partial charge in [0, 0.05) is 33.9 Å². The number of hydrogen-bond acceptors (Lipinski definition) is 2. The van der Waals surface area contributed by atoms with Gasteiger partial charge in [-0.25, -0.2) is 0 Å². The molecule has 1 aliphatic rings. The lowest BCUT2D eigenvalue weighted by Gasteiger charge is -2.29. The third kappa shape index (κ3) is 3.01. The first-order chi connectivity index (χ1) is 8.40. The van der Waals surface area contributed by atoms with Gasteiger partial charge in [0.05, 0.1) is 6.61 Å². The van der Waals surface area contributed by atoms with E-state index in [1.807, 2.05) is 6.92 Å². The minimum Gasteiger partial charge on any atom is -0.493 e. The Morgan fingerprint density at radius 3 is 2.89 bits per heavy atom. The lowest BCUT2D eigenvalue weighted by Crippen LogP contribution is -2.45. The van der Waals surface area contributed by atoms with E-state index in [-0.39, 0.29) is 10.9 Å². The zero-order valence-electron chi connectivity index (χ0n) is 11.0. The standard InChI is InChI=1S/C14H19BrClNO/c1-9(16)14(2,3)17-8-11-7-12(15)6-10-4-5-18-13(10)11/h6-7,9,17H,4-5,8H2,1-3H3. The summed E-state index contributed by atoms with van der Waals surface area (Å²) < 4.78 is 6.83. The van der Waals surface area contributed by atoms with Crippen LogP contribution in [0, 0.1) is 0 Å². The second-order valence-electron chi connectivity index (χ2n) is 5.34. The summed E-state index contributed by atoms with van der Waals surface area (Å²) in [6, 6.07) is 4.26. The molecule has 0 fully saturated rings. The van der Waals surface area contributed by atoms with Crippen molar-refractivity contribution < 1.29 is 4.74 Å². The molecule has 100 valence electrons. The predicted octanol–water partition coefficient (Wildman–Crippen LogP) is 3.88. The third-order valence-electron chi connectivity index (χ3n) is 3.55. The molecule has 1 N–H and O–H groups in total. The van der Waals surface area contributed by atoms with Crippen LogP contribution in [0.4, 0.5) is 0 Å². The van der Waals surface area contributed by atoms with Gasteiger partial charge in [0.1, 0.15) is 5.75 Å². The van der Waals surface area contributed by atoms with E-state index in [4.69, 9.17) is 16.3 Å². The van der Waals surface area contributed by atoms with Gasteiger partial charge in [0.25, 0.3) is 0 Å². The minimum atomic E-state index is -0.102. The fraction of sp³-hybridized carbons (Fsp3) is 0.571. The maximum absolute atomic E-state index is 6.18. The van der Waals surface area contributed by atoms with E-state index >= 15 is 0 Å². The van der Waals surface area contributed by atoms with Crippen LogP contribution in [-0.4, -0.2) is 17.5 Å². The van der Waals surface area contributed by atoms with Gasteiger partial charge in [-0.3, -0.25) is 0 Å². The molecule has 1 atom stereocenters. The molecule has 1 aromatic carbocycles. The average molecular weight is 333 g/mol.